The van der Waals surface area contributed by atoms with Crippen molar-refractivity contribution in [3.63, 3.8) is 0 Å². The minimum atomic E-state index is -0.320. The number of thioether (sulfide) groups is 2. The molecule has 2 aliphatic heterocycles. The van der Waals surface area contributed by atoms with Crippen LogP contribution in [0.3, 0.4) is 0 Å². The predicted octanol–water partition coefficient (Wildman–Crippen LogP) is 6.69. The molecule has 0 bridgehead atoms. The lowest BCUT2D eigenvalue weighted by atomic mass is 10.3. The summed E-state index contributed by atoms with van der Waals surface area (Å²) in [6, 6.07) is 20.6. The van der Waals surface area contributed by atoms with Gasteiger partial charge in [0.25, 0.3) is 0 Å². The van der Waals surface area contributed by atoms with Crippen LogP contribution in [-0.2, 0) is 0 Å². The van der Waals surface area contributed by atoms with Crippen LogP contribution in [0.4, 0.5) is 40.6 Å². The molecule has 0 saturated carbocycles. The van der Waals surface area contributed by atoms with Gasteiger partial charge in [-0.15, -0.1) is 23.1 Å². The van der Waals surface area contributed by atoms with E-state index >= 15 is 0 Å². The Hall–Kier alpha value is -4.18. The zero-order chi connectivity index (χ0) is 31.0. The van der Waals surface area contributed by atoms with Crippen molar-refractivity contribution in [2.75, 3.05) is 45.9 Å². The fourth-order valence-electron chi connectivity index (χ4n) is 3.47. The van der Waals surface area contributed by atoms with Crippen LogP contribution in [-0.4, -0.2) is 52.3 Å². The molecule has 3 aromatic carbocycles. The summed E-state index contributed by atoms with van der Waals surface area (Å²) in [4.78, 5) is 31.1. The molecule has 15 heteroatoms. The number of hydrogen-bond acceptors (Lipinski definition) is 9. The minimum Gasteiger partial charge on any atom is -0.335 e. The molecule has 6 rings (SSSR count). The lowest BCUT2D eigenvalue weighted by molar-refractivity contribution is 0.250. The molecule has 4 aromatic rings. The third kappa shape index (κ3) is 12.2. The minimum absolute atomic E-state index is 0.0413. The highest BCUT2D eigenvalue weighted by atomic mass is 32.2. The van der Waals surface area contributed by atoms with E-state index in [1.807, 2.05) is 30.3 Å². The summed E-state index contributed by atoms with van der Waals surface area (Å²) < 4.78 is 25.1. The summed E-state index contributed by atoms with van der Waals surface area (Å²) in [6.07, 6.45) is 1.64. The molecular formula is C29H30F2N8O2S3. The maximum absolute atomic E-state index is 12.6. The standard InChI is InChI=1S/C10H12FN3OS.C10H9N3OS.C9H9FN2S/c11-7-1-3-8(4-2-7)13-9(15)14-10-12-5-6-16-10;14-9(13-10-11-6-7-15-10)12-8-4-2-1-3-5-8;10-7-1-3-8(4-2-7)12-9-11-5-6-13-9/h1-4,10,12H,5-6H2,(H2,13,14,15);1-7H,(H2,11,12,13,14);1-4H,5-6H2,(H,11,12). The third-order valence-electron chi connectivity index (χ3n) is 5.45. The number of carbonyl (C=O) groups is 2. The first-order chi connectivity index (χ1) is 21.4. The van der Waals surface area contributed by atoms with E-state index in [0.717, 1.165) is 41.1 Å². The Morgan fingerprint density at radius 1 is 0.795 bits per heavy atom. The Labute approximate surface area is 265 Å². The van der Waals surface area contributed by atoms with Crippen molar-refractivity contribution in [3.8, 4) is 0 Å². The highest BCUT2D eigenvalue weighted by Crippen LogP contribution is 2.16. The Morgan fingerprint density at radius 2 is 1.45 bits per heavy atom. The molecule has 3 heterocycles. The average molecular weight is 657 g/mol. The molecule has 10 nitrogen and oxygen atoms in total. The fraction of sp³-hybridized carbons (Fsp3) is 0.172. The topological polar surface area (TPSA) is 132 Å². The van der Waals surface area contributed by atoms with Crippen LogP contribution in [0.25, 0.3) is 0 Å². The number of amides is 4. The highest BCUT2D eigenvalue weighted by molar-refractivity contribution is 8.14. The van der Waals surface area contributed by atoms with E-state index in [9.17, 15) is 18.4 Å². The Bertz CT molecular complexity index is 1470. The number of benzene rings is 3. The number of rotatable bonds is 5. The van der Waals surface area contributed by atoms with Crippen molar-refractivity contribution in [2.45, 2.75) is 5.50 Å². The van der Waals surface area contributed by atoms with E-state index < -0.39 is 0 Å². The molecule has 230 valence electrons. The molecule has 1 unspecified atom stereocenters. The average Bonchev–Trinajstić information content (AvgIpc) is 3.82. The molecule has 0 radical (unpaired) electrons. The maximum atomic E-state index is 12.6. The number of aromatic nitrogens is 1. The molecular weight excluding hydrogens is 627 g/mol. The van der Waals surface area contributed by atoms with Crippen LogP contribution in [0, 0.1) is 11.6 Å². The molecule has 1 saturated heterocycles. The van der Waals surface area contributed by atoms with E-state index in [2.05, 4.69) is 41.9 Å². The number of nitrogens with zero attached hydrogens (tertiary/aromatic N) is 2. The molecule has 1 atom stereocenters. The number of anilines is 4. The molecule has 0 aliphatic carbocycles. The second-order valence-corrected chi connectivity index (χ2v) is 12.0. The van der Waals surface area contributed by atoms with Gasteiger partial charge in [-0.2, -0.15) is 0 Å². The van der Waals surface area contributed by atoms with E-state index in [-0.39, 0.29) is 29.2 Å². The smallest absolute Gasteiger partial charge is 0.325 e. The van der Waals surface area contributed by atoms with Gasteiger partial charge in [0.05, 0.1) is 6.54 Å². The third-order valence-corrected chi connectivity index (χ3v) is 8.08. The highest BCUT2D eigenvalue weighted by Gasteiger charge is 2.16. The van der Waals surface area contributed by atoms with E-state index in [1.54, 1.807) is 47.2 Å². The van der Waals surface area contributed by atoms with Gasteiger partial charge >= 0.3 is 12.1 Å². The number of carbonyl (C=O) groups excluding carboxylic acids is 2. The number of hydrogen-bond donors (Lipinski definition) is 6. The number of aliphatic imine (C=N–C) groups is 1. The first-order valence-corrected chi connectivity index (χ1v) is 16.2. The van der Waals surface area contributed by atoms with Gasteiger partial charge in [0, 0.05) is 46.7 Å². The zero-order valence-electron chi connectivity index (χ0n) is 23.3. The predicted molar refractivity (Wildman–Crippen MR) is 179 cm³/mol. The summed E-state index contributed by atoms with van der Waals surface area (Å²) in [5.41, 5.74) is 2.17. The molecule has 44 heavy (non-hydrogen) atoms. The number of halogens is 2. The van der Waals surface area contributed by atoms with E-state index in [0.29, 0.717) is 10.8 Å². The monoisotopic (exact) mass is 656 g/mol. The van der Waals surface area contributed by atoms with Gasteiger partial charge < -0.3 is 21.3 Å². The van der Waals surface area contributed by atoms with Crippen molar-refractivity contribution >= 4 is 74.3 Å². The molecule has 0 spiro atoms. The molecule has 1 aromatic heterocycles. The summed E-state index contributed by atoms with van der Waals surface area (Å²) in [5, 5.41) is 20.2. The van der Waals surface area contributed by atoms with Gasteiger partial charge in [-0.3, -0.25) is 15.6 Å². The van der Waals surface area contributed by atoms with Gasteiger partial charge in [0.15, 0.2) is 10.3 Å². The van der Waals surface area contributed by atoms with Gasteiger partial charge in [-0.25, -0.2) is 23.4 Å². The normalized spacial score (nSPS) is 15.0. The molecule has 4 amide bonds. The van der Waals surface area contributed by atoms with Gasteiger partial charge in [-0.05, 0) is 60.7 Å². The quantitative estimate of drug-likeness (QED) is 0.141. The van der Waals surface area contributed by atoms with Crippen LogP contribution in [0.2, 0.25) is 0 Å². The van der Waals surface area contributed by atoms with Crippen LogP contribution in [0.15, 0.2) is 95.4 Å². The summed E-state index contributed by atoms with van der Waals surface area (Å²) in [7, 11) is 0. The lowest BCUT2D eigenvalue weighted by Crippen LogP contribution is -2.41. The number of amidine groups is 1. The van der Waals surface area contributed by atoms with E-state index in [1.165, 1.54) is 47.7 Å². The Morgan fingerprint density at radius 3 is 2.05 bits per heavy atom. The lowest BCUT2D eigenvalue weighted by Gasteiger charge is -2.12. The Balaban J connectivity index is 0.000000151. The van der Waals surface area contributed by atoms with Gasteiger partial charge in [0.2, 0.25) is 0 Å². The number of nitrogens with one attached hydrogen (secondary N) is 6. The molecule has 2 aliphatic rings. The van der Waals surface area contributed by atoms with Crippen LogP contribution < -0.4 is 31.9 Å². The molecule has 6 N–H and O–H groups in total. The van der Waals surface area contributed by atoms with Crippen molar-refractivity contribution in [1.29, 1.82) is 0 Å². The van der Waals surface area contributed by atoms with Crippen molar-refractivity contribution in [1.82, 2.24) is 15.6 Å². The number of thiazole rings is 1. The zero-order valence-corrected chi connectivity index (χ0v) is 25.7. The summed E-state index contributed by atoms with van der Waals surface area (Å²) in [5.74, 6) is 1.48. The first-order valence-electron chi connectivity index (χ1n) is 13.3. The van der Waals surface area contributed by atoms with Crippen LogP contribution in [0.1, 0.15) is 0 Å². The number of urea groups is 2. The number of para-hydroxylation sites is 1. The van der Waals surface area contributed by atoms with Gasteiger partial charge in [0.1, 0.15) is 17.1 Å². The molecule has 1 fully saturated rings. The SMILES string of the molecule is Fc1ccc(NC2=NCCS2)cc1.O=C(Nc1ccc(F)cc1)NC1NCCS1.O=C(Nc1ccccc1)Nc1nccs1. The van der Waals surface area contributed by atoms with Crippen LogP contribution in [0.5, 0.6) is 0 Å². The summed E-state index contributed by atoms with van der Waals surface area (Å²) in [6.45, 7) is 1.76. The maximum Gasteiger partial charge on any atom is 0.325 e. The second kappa shape index (κ2) is 17.8. The van der Waals surface area contributed by atoms with Crippen molar-refractivity contribution in [2.24, 2.45) is 4.99 Å². The van der Waals surface area contributed by atoms with Gasteiger partial charge in [-0.1, -0.05) is 30.0 Å². The Kier molecular flexibility index (Phi) is 13.3. The summed E-state index contributed by atoms with van der Waals surface area (Å²) >= 11 is 4.71. The first kappa shape index (κ1) is 32.7. The van der Waals surface area contributed by atoms with Crippen molar-refractivity contribution < 1.29 is 18.4 Å². The largest absolute Gasteiger partial charge is 0.335 e. The van der Waals surface area contributed by atoms with Crippen LogP contribution >= 0.6 is 34.9 Å². The van der Waals surface area contributed by atoms with Crippen molar-refractivity contribution in [3.05, 3.63) is 102 Å². The second-order valence-electron chi connectivity index (χ2n) is 8.76. The fourth-order valence-corrected chi connectivity index (χ4v) is 5.64. The van der Waals surface area contributed by atoms with E-state index in [4.69, 9.17) is 0 Å².